The van der Waals surface area contributed by atoms with Crippen LogP contribution in [0.3, 0.4) is 0 Å². The molecule has 178 valence electrons. The van der Waals surface area contributed by atoms with Crippen molar-refractivity contribution in [3.8, 4) is 0 Å². The lowest BCUT2D eigenvalue weighted by Crippen LogP contribution is -2.50. The first-order valence-electron chi connectivity index (χ1n) is 11.9. The van der Waals surface area contributed by atoms with Gasteiger partial charge >= 0.3 is 0 Å². The lowest BCUT2D eigenvalue weighted by molar-refractivity contribution is -0.141. The SMILES string of the molecule is CCNC(=O)[C@H](Cc1ccccc1)N(Cc1ccc(F)cc1)C(=O)CCc1ccc(CC)cc1. The Balaban J connectivity index is 1.85. The molecule has 0 bridgehead atoms. The molecular weight excluding hydrogens is 427 g/mol. The van der Waals surface area contributed by atoms with Crippen LogP contribution in [0, 0.1) is 5.82 Å². The van der Waals surface area contributed by atoms with E-state index >= 15 is 0 Å². The van der Waals surface area contributed by atoms with Crippen LogP contribution in [-0.2, 0) is 35.4 Å². The third kappa shape index (κ3) is 7.27. The number of hydrogen-bond acceptors (Lipinski definition) is 2. The molecule has 0 saturated carbocycles. The second kappa shape index (κ2) is 12.7. The fraction of sp³-hybridized carbons (Fsp3) is 0.310. The fourth-order valence-electron chi connectivity index (χ4n) is 3.97. The Morgan fingerprint density at radius 1 is 0.824 bits per heavy atom. The molecule has 1 atom stereocenters. The van der Waals surface area contributed by atoms with Crippen molar-refractivity contribution < 1.29 is 14.0 Å². The van der Waals surface area contributed by atoms with Crippen LogP contribution >= 0.6 is 0 Å². The molecule has 0 heterocycles. The molecule has 34 heavy (non-hydrogen) atoms. The van der Waals surface area contributed by atoms with Gasteiger partial charge in [-0.3, -0.25) is 9.59 Å². The molecule has 2 amide bonds. The largest absolute Gasteiger partial charge is 0.355 e. The number of nitrogens with one attached hydrogen (secondary N) is 1. The highest BCUT2D eigenvalue weighted by atomic mass is 19.1. The van der Waals surface area contributed by atoms with Crippen molar-refractivity contribution in [2.24, 2.45) is 0 Å². The quantitative estimate of drug-likeness (QED) is 0.433. The normalized spacial score (nSPS) is 11.6. The Hall–Kier alpha value is -3.47. The Kier molecular flexibility index (Phi) is 9.39. The highest BCUT2D eigenvalue weighted by Crippen LogP contribution is 2.17. The summed E-state index contributed by atoms with van der Waals surface area (Å²) in [6.45, 7) is 4.69. The average molecular weight is 461 g/mol. The van der Waals surface area contributed by atoms with Crippen LogP contribution in [0.5, 0.6) is 0 Å². The summed E-state index contributed by atoms with van der Waals surface area (Å²) in [7, 11) is 0. The van der Waals surface area contributed by atoms with Gasteiger partial charge in [0.25, 0.3) is 0 Å². The summed E-state index contributed by atoms with van der Waals surface area (Å²) < 4.78 is 13.5. The van der Waals surface area contributed by atoms with Crippen LogP contribution in [0.25, 0.3) is 0 Å². The average Bonchev–Trinajstić information content (AvgIpc) is 2.87. The minimum Gasteiger partial charge on any atom is -0.355 e. The molecule has 0 saturated heterocycles. The molecule has 1 N–H and O–H groups in total. The van der Waals surface area contributed by atoms with Gasteiger partial charge in [-0.15, -0.1) is 0 Å². The summed E-state index contributed by atoms with van der Waals surface area (Å²) in [6, 6.07) is 23.4. The summed E-state index contributed by atoms with van der Waals surface area (Å²) in [5, 5.41) is 2.89. The van der Waals surface area contributed by atoms with E-state index in [1.165, 1.54) is 17.7 Å². The number of nitrogens with zero attached hydrogens (tertiary/aromatic N) is 1. The first kappa shape index (κ1) is 25.2. The maximum Gasteiger partial charge on any atom is 0.243 e. The maximum atomic E-state index is 13.5. The molecule has 3 rings (SSSR count). The van der Waals surface area contributed by atoms with Gasteiger partial charge in [-0.2, -0.15) is 0 Å². The summed E-state index contributed by atoms with van der Waals surface area (Å²) in [4.78, 5) is 28.3. The first-order chi connectivity index (χ1) is 16.5. The van der Waals surface area contributed by atoms with Crippen LogP contribution in [0.4, 0.5) is 4.39 Å². The molecule has 0 spiro atoms. The van der Waals surface area contributed by atoms with Crippen molar-refractivity contribution in [3.63, 3.8) is 0 Å². The Bertz CT molecular complexity index is 1050. The number of rotatable bonds is 11. The fourth-order valence-corrected chi connectivity index (χ4v) is 3.97. The van der Waals surface area contributed by atoms with E-state index in [-0.39, 0.29) is 30.6 Å². The third-order valence-corrected chi connectivity index (χ3v) is 5.95. The van der Waals surface area contributed by atoms with Gasteiger partial charge in [0.1, 0.15) is 11.9 Å². The van der Waals surface area contributed by atoms with E-state index in [1.807, 2.05) is 37.3 Å². The van der Waals surface area contributed by atoms with Crippen LogP contribution < -0.4 is 5.32 Å². The van der Waals surface area contributed by atoms with E-state index < -0.39 is 6.04 Å². The van der Waals surface area contributed by atoms with Gasteiger partial charge < -0.3 is 10.2 Å². The molecule has 0 aliphatic carbocycles. The predicted molar refractivity (Wildman–Crippen MR) is 134 cm³/mol. The molecule has 4 nitrogen and oxygen atoms in total. The second-order valence-electron chi connectivity index (χ2n) is 8.42. The van der Waals surface area contributed by atoms with Crippen molar-refractivity contribution in [3.05, 3.63) is 107 Å². The number of amides is 2. The van der Waals surface area contributed by atoms with E-state index in [2.05, 4.69) is 36.5 Å². The summed E-state index contributed by atoms with van der Waals surface area (Å²) in [6.07, 6.45) is 2.26. The Labute approximate surface area is 201 Å². The van der Waals surface area contributed by atoms with Gasteiger partial charge in [0.2, 0.25) is 11.8 Å². The Morgan fingerprint density at radius 3 is 2.06 bits per heavy atom. The van der Waals surface area contributed by atoms with Gasteiger partial charge in [-0.1, -0.05) is 73.7 Å². The van der Waals surface area contributed by atoms with E-state index in [0.717, 1.165) is 23.1 Å². The minimum absolute atomic E-state index is 0.101. The van der Waals surface area contributed by atoms with Gasteiger partial charge in [0.15, 0.2) is 0 Å². The number of halogens is 1. The standard InChI is InChI=1S/C29H33FN2O2/c1-3-22-10-12-23(13-11-22)16-19-28(33)32(21-25-14-17-26(30)18-15-25)27(29(34)31-4-2)20-24-8-6-5-7-9-24/h5-15,17-18,27H,3-4,16,19-21H2,1-2H3,(H,31,34)/t27-/m0/s1. The number of carbonyl (C=O) groups excluding carboxylic acids is 2. The molecule has 3 aromatic carbocycles. The lowest BCUT2D eigenvalue weighted by atomic mass is 10.0. The predicted octanol–water partition coefficient (Wildman–Crippen LogP) is 5.10. The monoisotopic (exact) mass is 460 g/mol. The van der Waals surface area contributed by atoms with Crippen LogP contribution in [-0.4, -0.2) is 29.3 Å². The summed E-state index contributed by atoms with van der Waals surface area (Å²) in [5.74, 6) is -0.619. The van der Waals surface area contributed by atoms with Gasteiger partial charge in [-0.25, -0.2) is 4.39 Å². The number of hydrogen-bond donors (Lipinski definition) is 1. The second-order valence-corrected chi connectivity index (χ2v) is 8.42. The van der Waals surface area contributed by atoms with Crippen LogP contribution in [0.2, 0.25) is 0 Å². The van der Waals surface area contributed by atoms with E-state index in [9.17, 15) is 14.0 Å². The lowest BCUT2D eigenvalue weighted by Gasteiger charge is -2.31. The molecule has 0 aromatic heterocycles. The summed E-state index contributed by atoms with van der Waals surface area (Å²) >= 11 is 0. The molecule has 0 radical (unpaired) electrons. The first-order valence-corrected chi connectivity index (χ1v) is 11.9. The van der Waals surface area contributed by atoms with Gasteiger partial charge in [0, 0.05) is 25.9 Å². The highest BCUT2D eigenvalue weighted by molar-refractivity contribution is 5.88. The highest BCUT2D eigenvalue weighted by Gasteiger charge is 2.29. The molecule has 0 fully saturated rings. The smallest absolute Gasteiger partial charge is 0.243 e. The molecule has 3 aromatic rings. The van der Waals surface area contributed by atoms with Crippen molar-refractivity contribution in [2.45, 2.75) is 52.1 Å². The minimum atomic E-state index is -0.664. The van der Waals surface area contributed by atoms with Gasteiger partial charge in [0.05, 0.1) is 0 Å². The van der Waals surface area contributed by atoms with Crippen molar-refractivity contribution in [1.82, 2.24) is 10.2 Å². The zero-order valence-electron chi connectivity index (χ0n) is 20.0. The van der Waals surface area contributed by atoms with Crippen molar-refractivity contribution in [1.29, 1.82) is 0 Å². The number of aryl methyl sites for hydroxylation is 2. The van der Waals surface area contributed by atoms with E-state index in [0.29, 0.717) is 19.4 Å². The number of benzene rings is 3. The molecule has 0 aliphatic heterocycles. The zero-order chi connectivity index (χ0) is 24.3. The number of likely N-dealkylation sites (N-methyl/N-ethyl adjacent to an activating group) is 1. The van der Waals surface area contributed by atoms with Crippen molar-refractivity contribution >= 4 is 11.8 Å². The van der Waals surface area contributed by atoms with Crippen LogP contribution in [0.15, 0.2) is 78.9 Å². The van der Waals surface area contributed by atoms with Crippen LogP contribution in [0.1, 0.15) is 42.5 Å². The molecule has 0 aliphatic rings. The topological polar surface area (TPSA) is 49.4 Å². The van der Waals surface area contributed by atoms with Gasteiger partial charge in [-0.05, 0) is 54.2 Å². The van der Waals surface area contributed by atoms with E-state index in [1.54, 1.807) is 17.0 Å². The molecule has 5 heteroatoms. The molecule has 0 unspecified atom stereocenters. The number of carbonyl (C=O) groups is 2. The summed E-state index contributed by atoms with van der Waals surface area (Å²) in [5.41, 5.74) is 4.10. The third-order valence-electron chi connectivity index (χ3n) is 5.95. The maximum absolute atomic E-state index is 13.5. The zero-order valence-corrected chi connectivity index (χ0v) is 20.0. The van der Waals surface area contributed by atoms with E-state index in [4.69, 9.17) is 0 Å². The van der Waals surface area contributed by atoms with Crippen molar-refractivity contribution in [2.75, 3.05) is 6.54 Å². The Morgan fingerprint density at radius 2 is 1.44 bits per heavy atom. The molecular formula is C29H33FN2O2.